The minimum absolute atomic E-state index is 0.134. The van der Waals surface area contributed by atoms with Gasteiger partial charge in [0.2, 0.25) is 0 Å². The first-order valence-electron chi connectivity index (χ1n) is 11.7. The van der Waals surface area contributed by atoms with Crippen LogP contribution in [0.25, 0.3) is 6.08 Å². The molecule has 0 aromatic heterocycles. The van der Waals surface area contributed by atoms with E-state index in [9.17, 15) is 19.2 Å². The van der Waals surface area contributed by atoms with E-state index in [0.29, 0.717) is 33.9 Å². The van der Waals surface area contributed by atoms with Crippen LogP contribution >= 0.6 is 15.9 Å². The second kappa shape index (κ2) is 11.8. The SMILES string of the molecule is CCOc1ccc(N2C(=O)NC(=O)/C(=C\c3cc(Br)c(OCc4ccc(C(=O)O)cc4)c(OC)c3)C2=O)cc1. The van der Waals surface area contributed by atoms with Crippen LogP contribution in [0.5, 0.6) is 17.2 Å². The van der Waals surface area contributed by atoms with E-state index >= 15 is 0 Å². The standard InChI is InChI=1S/C28H23BrN2O8/c1-3-38-20-10-8-19(9-11-20)31-26(33)21(25(32)30-28(31)36)12-17-13-22(29)24(23(14-17)37-2)39-15-16-4-6-18(7-5-16)27(34)35/h4-14H,3,15H2,1-2H3,(H,34,35)(H,30,32,36)/b21-12+. The molecule has 1 fully saturated rings. The third-order valence-corrected chi connectivity index (χ3v) is 6.24. The topological polar surface area (TPSA) is 131 Å². The van der Waals surface area contributed by atoms with Gasteiger partial charge in [-0.1, -0.05) is 12.1 Å². The summed E-state index contributed by atoms with van der Waals surface area (Å²) in [6.45, 7) is 2.44. The summed E-state index contributed by atoms with van der Waals surface area (Å²) in [5.74, 6) is -1.36. The van der Waals surface area contributed by atoms with Gasteiger partial charge >= 0.3 is 12.0 Å². The minimum atomic E-state index is -1.02. The molecule has 10 nitrogen and oxygen atoms in total. The molecule has 1 aliphatic heterocycles. The summed E-state index contributed by atoms with van der Waals surface area (Å²) in [6.07, 6.45) is 1.35. The molecule has 1 saturated heterocycles. The molecule has 0 saturated carbocycles. The Hall–Kier alpha value is -4.64. The van der Waals surface area contributed by atoms with Crippen molar-refractivity contribution in [3.63, 3.8) is 0 Å². The lowest BCUT2D eigenvalue weighted by Gasteiger charge is -2.26. The number of carboxylic acids is 1. The normalized spacial score (nSPS) is 14.3. The lowest BCUT2D eigenvalue weighted by molar-refractivity contribution is -0.122. The molecule has 4 rings (SSSR count). The van der Waals surface area contributed by atoms with Crippen molar-refractivity contribution in [2.45, 2.75) is 13.5 Å². The van der Waals surface area contributed by atoms with Gasteiger partial charge in [0.25, 0.3) is 11.8 Å². The van der Waals surface area contributed by atoms with Crippen molar-refractivity contribution >= 4 is 51.5 Å². The number of carbonyl (C=O) groups is 4. The molecule has 0 aliphatic carbocycles. The maximum absolute atomic E-state index is 13.2. The average Bonchev–Trinajstić information content (AvgIpc) is 2.91. The number of aromatic carboxylic acids is 1. The maximum Gasteiger partial charge on any atom is 0.335 e. The molecule has 2 N–H and O–H groups in total. The molecular weight excluding hydrogens is 572 g/mol. The van der Waals surface area contributed by atoms with Crippen molar-refractivity contribution in [1.82, 2.24) is 5.32 Å². The van der Waals surface area contributed by atoms with Gasteiger partial charge in [-0.2, -0.15) is 0 Å². The van der Waals surface area contributed by atoms with Crippen LogP contribution in [-0.2, 0) is 16.2 Å². The molecule has 0 bridgehead atoms. The summed E-state index contributed by atoms with van der Waals surface area (Å²) in [5, 5.41) is 11.2. The highest BCUT2D eigenvalue weighted by Gasteiger charge is 2.37. The number of urea groups is 1. The number of nitrogens with one attached hydrogen (secondary N) is 1. The number of carboxylic acid groups (broad SMARTS) is 1. The number of nitrogens with zero attached hydrogens (tertiary/aromatic N) is 1. The van der Waals surface area contributed by atoms with E-state index < -0.39 is 23.8 Å². The van der Waals surface area contributed by atoms with E-state index in [1.165, 1.54) is 25.3 Å². The van der Waals surface area contributed by atoms with Crippen LogP contribution in [0.4, 0.5) is 10.5 Å². The third-order valence-electron chi connectivity index (χ3n) is 5.65. The van der Waals surface area contributed by atoms with Crippen LogP contribution in [0.1, 0.15) is 28.4 Å². The summed E-state index contributed by atoms with van der Waals surface area (Å²) in [4.78, 5) is 50.3. The molecular formula is C28H23BrN2O8. The number of rotatable bonds is 9. The predicted octanol–water partition coefficient (Wildman–Crippen LogP) is 4.80. The van der Waals surface area contributed by atoms with Crippen LogP contribution < -0.4 is 24.4 Å². The summed E-state index contributed by atoms with van der Waals surface area (Å²) in [6, 6.07) is 15.0. The number of hydrogen-bond donors (Lipinski definition) is 2. The molecule has 3 aromatic rings. The molecule has 3 aromatic carbocycles. The van der Waals surface area contributed by atoms with Gasteiger partial charge in [0.05, 0.1) is 29.4 Å². The Morgan fingerprint density at radius 1 is 1.03 bits per heavy atom. The quantitative estimate of drug-likeness (QED) is 0.267. The third kappa shape index (κ3) is 6.10. The van der Waals surface area contributed by atoms with E-state index in [1.54, 1.807) is 48.5 Å². The smallest absolute Gasteiger partial charge is 0.335 e. The number of amides is 4. The van der Waals surface area contributed by atoms with Gasteiger partial charge in [-0.15, -0.1) is 0 Å². The van der Waals surface area contributed by atoms with Crippen LogP contribution in [0.15, 0.2) is 70.7 Å². The first kappa shape index (κ1) is 27.4. The van der Waals surface area contributed by atoms with Crippen molar-refractivity contribution in [2.24, 2.45) is 0 Å². The van der Waals surface area contributed by atoms with Crippen LogP contribution in [0, 0.1) is 0 Å². The summed E-state index contributed by atoms with van der Waals surface area (Å²) in [5.41, 5.74) is 1.38. The molecule has 200 valence electrons. The van der Waals surface area contributed by atoms with Gasteiger partial charge in [0, 0.05) is 0 Å². The zero-order chi connectivity index (χ0) is 28.1. The van der Waals surface area contributed by atoms with Crippen molar-refractivity contribution < 1.29 is 38.5 Å². The number of anilines is 1. The van der Waals surface area contributed by atoms with Crippen molar-refractivity contribution in [1.29, 1.82) is 0 Å². The lowest BCUT2D eigenvalue weighted by atomic mass is 10.1. The van der Waals surface area contributed by atoms with Gasteiger partial charge in [0.15, 0.2) is 11.5 Å². The van der Waals surface area contributed by atoms with Gasteiger partial charge < -0.3 is 19.3 Å². The highest BCUT2D eigenvalue weighted by Crippen LogP contribution is 2.38. The molecule has 0 radical (unpaired) electrons. The molecule has 0 unspecified atom stereocenters. The molecule has 4 amide bonds. The van der Waals surface area contributed by atoms with Gasteiger partial charge in [0.1, 0.15) is 17.9 Å². The molecule has 1 heterocycles. The molecule has 1 aliphatic rings. The first-order chi connectivity index (χ1) is 18.7. The fourth-order valence-corrected chi connectivity index (χ4v) is 4.35. The lowest BCUT2D eigenvalue weighted by Crippen LogP contribution is -2.54. The Morgan fingerprint density at radius 2 is 1.72 bits per heavy atom. The van der Waals surface area contributed by atoms with E-state index in [2.05, 4.69) is 21.2 Å². The fraction of sp³-hybridized carbons (Fsp3) is 0.143. The number of hydrogen-bond acceptors (Lipinski definition) is 7. The number of carbonyl (C=O) groups excluding carboxylic acids is 3. The number of benzene rings is 3. The average molecular weight is 595 g/mol. The van der Waals surface area contributed by atoms with Gasteiger partial charge in [-0.05, 0) is 88.6 Å². The highest BCUT2D eigenvalue weighted by atomic mass is 79.9. The van der Waals surface area contributed by atoms with Gasteiger partial charge in [-0.3, -0.25) is 14.9 Å². The zero-order valence-electron chi connectivity index (χ0n) is 20.9. The van der Waals surface area contributed by atoms with Crippen LogP contribution in [0.2, 0.25) is 0 Å². The molecule has 39 heavy (non-hydrogen) atoms. The number of barbiturate groups is 1. The molecule has 0 atom stereocenters. The number of imide groups is 2. The second-order valence-corrected chi connectivity index (χ2v) is 9.06. The minimum Gasteiger partial charge on any atom is -0.494 e. The number of methoxy groups -OCH3 is 1. The summed E-state index contributed by atoms with van der Waals surface area (Å²) < 4.78 is 17.2. The Morgan fingerprint density at radius 3 is 2.33 bits per heavy atom. The Kier molecular flexibility index (Phi) is 8.30. The van der Waals surface area contributed by atoms with E-state index in [1.807, 2.05) is 6.92 Å². The summed E-state index contributed by atoms with van der Waals surface area (Å²) in [7, 11) is 1.44. The zero-order valence-corrected chi connectivity index (χ0v) is 22.5. The van der Waals surface area contributed by atoms with Crippen LogP contribution in [0.3, 0.4) is 0 Å². The van der Waals surface area contributed by atoms with E-state index in [0.717, 1.165) is 10.5 Å². The monoisotopic (exact) mass is 594 g/mol. The number of halogens is 1. The maximum atomic E-state index is 13.2. The van der Waals surface area contributed by atoms with E-state index in [-0.39, 0.29) is 23.4 Å². The van der Waals surface area contributed by atoms with E-state index in [4.69, 9.17) is 19.3 Å². The van der Waals surface area contributed by atoms with Crippen molar-refractivity contribution in [3.05, 3.63) is 87.4 Å². The highest BCUT2D eigenvalue weighted by molar-refractivity contribution is 9.10. The Labute approximate surface area is 231 Å². The first-order valence-corrected chi connectivity index (χ1v) is 12.5. The molecule has 0 spiro atoms. The Bertz CT molecular complexity index is 1470. The molecule has 11 heteroatoms. The fourth-order valence-electron chi connectivity index (χ4n) is 3.78. The largest absolute Gasteiger partial charge is 0.494 e. The Balaban J connectivity index is 1.58. The van der Waals surface area contributed by atoms with Gasteiger partial charge in [-0.25, -0.2) is 14.5 Å². The predicted molar refractivity (Wildman–Crippen MR) is 145 cm³/mol. The summed E-state index contributed by atoms with van der Waals surface area (Å²) >= 11 is 3.44. The van der Waals surface area contributed by atoms with Crippen LogP contribution in [-0.4, -0.2) is 42.6 Å². The van der Waals surface area contributed by atoms with Crippen molar-refractivity contribution in [2.75, 3.05) is 18.6 Å². The number of ether oxygens (including phenoxy) is 3. The van der Waals surface area contributed by atoms with Crippen molar-refractivity contribution in [3.8, 4) is 17.2 Å². The second-order valence-electron chi connectivity index (χ2n) is 8.21.